The molecule has 5 N–H and O–H groups in total. The molecule has 1 aromatic carbocycles. The molecule has 0 fully saturated rings. The van der Waals surface area contributed by atoms with Crippen molar-refractivity contribution < 1.29 is 38.6 Å². The number of carbonyl (C=O) groups is 5. The molecule has 37 heavy (non-hydrogen) atoms. The summed E-state index contributed by atoms with van der Waals surface area (Å²) in [5.74, 6) is -3.24. The van der Waals surface area contributed by atoms with Crippen LogP contribution in [-0.2, 0) is 28.7 Å². The highest BCUT2D eigenvalue weighted by Gasteiger charge is 2.36. The standard InChI is InChI=1S/C25H34N4O8/c1-7-29(23(34)17(14-19(26)31)28-24(35)37-25(4,5)6)21(16-9-10-18(30)15(3)13-16)22(33)27-12-11-20(32)36-8-2/h1,9-10,13,17,21,30H,8,11-12,14H2,2-6H3,(H2,26,31)(H,27,33)(H,28,35). The fraction of sp³-hybridized carbons (Fsp3) is 0.480. The molecular formula is C25H34N4O8. The maximum atomic E-state index is 13.5. The van der Waals surface area contributed by atoms with Crippen molar-refractivity contribution in [3.63, 3.8) is 0 Å². The summed E-state index contributed by atoms with van der Waals surface area (Å²) in [7, 11) is 0. The van der Waals surface area contributed by atoms with Crippen molar-refractivity contribution in [2.75, 3.05) is 13.2 Å². The number of aryl methyl sites for hydroxylation is 1. The van der Waals surface area contributed by atoms with Gasteiger partial charge in [-0.15, -0.1) is 0 Å². The maximum Gasteiger partial charge on any atom is 0.408 e. The molecule has 0 aliphatic carbocycles. The van der Waals surface area contributed by atoms with Gasteiger partial charge in [-0.25, -0.2) is 4.79 Å². The van der Waals surface area contributed by atoms with E-state index >= 15 is 0 Å². The van der Waals surface area contributed by atoms with Gasteiger partial charge in [0.25, 0.3) is 5.91 Å². The van der Waals surface area contributed by atoms with Crippen LogP contribution in [-0.4, -0.2) is 64.6 Å². The minimum Gasteiger partial charge on any atom is -0.508 e. The molecule has 0 aliphatic heterocycles. The maximum absolute atomic E-state index is 13.5. The van der Waals surface area contributed by atoms with Gasteiger partial charge < -0.3 is 30.9 Å². The summed E-state index contributed by atoms with van der Waals surface area (Å²) in [5, 5.41) is 14.7. The molecule has 0 bridgehead atoms. The largest absolute Gasteiger partial charge is 0.508 e. The summed E-state index contributed by atoms with van der Waals surface area (Å²) in [6.07, 6.45) is 3.87. The van der Waals surface area contributed by atoms with Gasteiger partial charge in [-0.1, -0.05) is 12.5 Å². The SMILES string of the molecule is C#CN(C(=O)C(CC(N)=O)NC(=O)OC(C)(C)C)C(C(=O)NCCC(=O)OCC)c1ccc(O)c(C)c1. The van der Waals surface area contributed by atoms with Crippen LogP contribution in [0.25, 0.3) is 0 Å². The molecule has 202 valence electrons. The number of nitrogens with zero attached hydrogens (tertiary/aromatic N) is 1. The lowest BCUT2D eigenvalue weighted by atomic mass is 10.0. The number of hydrogen-bond donors (Lipinski definition) is 4. The Labute approximate surface area is 215 Å². The zero-order valence-electron chi connectivity index (χ0n) is 21.6. The molecule has 1 rings (SSSR count). The van der Waals surface area contributed by atoms with Crippen molar-refractivity contribution >= 4 is 29.8 Å². The van der Waals surface area contributed by atoms with Crippen LogP contribution in [0.1, 0.15) is 57.7 Å². The van der Waals surface area contributed by atoms with Crippen LogP contribution in [0.4, 0.5) is 4.79 Å². The second-order valence-electron chi connectivity index (χ2n) is 9.00. The van der Waals surface area contributed by atoms with Gasteiger partial charge in [0.15, 0.2) is 0 Å². The molecule has 2 atom stereocenters. The second-order valence-corrected chi connectivity index (χ2v) is 9.00. The summed E-state index contributed by atoms with van der Waals surface area (Å²) < 4.78 is 9.99. The summed E-state index contributed by atoms with van der Waals surface area (Å²) >= 11 is 0. The van der Waals surface area contributed by atoms with Crippen molar-refractivity contribution in [1.82, 2.24) is 15.5 Å². The minimum atomic E-state index is -1.54. The van der Waals surface area contributed by atoms with Crippen LogP contribution in [0.5, 0.6) is 5.75 Å². The minimum absolute atomic E-state index is 0.0537. The number of terminal acetylenes is 1. The number of rotatable bonds is 11. The Hall–Kier alpha value is -4.27. The predicted octanol–water partition coefficient (Wildman–Crippen LogP) is 0.999. The van der Waals surface area contributed by atoms with E-state index in [4.69, 9.17) is 21.6 Å². The van der Waals surface area contributed by atoms with Gasteiger partial charge in [-0.3, -0.25) is 24.1 Å². The molecule has 0 saturated carbocycles. The Bertz CT molecular complexity index is 1060. The van der Waals surface area contributed by atoms with Crippen molar-refractivity contribution in [1.29, 1.82) is 0 Å². The van der Waals surface area contributed by atoms with E-state index in [1.807, 2.05) is 0 Å². The van der Waals surface area contributed by atoms with Crippen molar-refractivity contribution in [3.8, 4) is 18.2 Å². The van der Waals surface area contributed by atoms with Crippen LogP contribution >= 0.6 is 0 Å². The van der Waals surface area contributed by atoms with Gasteiger partial charge in [0.2, 0.25) is 11.8 Å². The van der Waals surface area contributed by atoms with Crippen LogP contribution in [0.3, 0.4) is 0 Å². The van der Waals surface area contributed by atoms with Gasteiger partial charge >= 0.3 is 12.1 Å². The van der Waals surface area contributed by atoms with Crippen molar-refractivity contribution in [3.05, 3.63) is 29.3 Å². The van der Waals surface area contributed by atoms with E-state index in [1.165, 1.54) is 18.2 Å². The number of hydrogen-bond acceptors (Lipinski definition) is 8. The van der Waals surface area contributed by atoms with Gasteiger partial charge in [0.05, 0.1) is 19.4 Å². The lowest BCUT2D eigenvalue weighted by Crippen LogP contribution is -2.52. The summed E-state index contributed by atoms with van der Waals surface area (Å²) in [4.78, 5) is 63.0. The van der Waals surface area contributed by atoms with E-state index in [0.29, 0.717) is 10.5 Å². The quantitative estimate of drug-likeness (QED) is 0.190. The molecule has 0 heterocycles. The molecule has 0 aromatic heterocycles. The first-order chi connectivity index (χ1) is 17.2. The van der Waals surface area contributed by atoms with Gasteiger partial charge in [0, 0.05) is 12.6 Å². The smallest absolute Gasteiger partial charge is 0.408 e. The van der Waals surface area contributed by atoms with E-state index < -0.39 is 53.9 Å². The Morgan fingerprint density at radius 3 is 2.38 bits per heavy atom. The number of alkyl carbamates (subject to hydrolysis) is 1. The molecule has 0 saturated heterocycles. The number of amides is 4. The fourth-order valence-electron chi connectivity index (χ4n) is 3.17. The zero-order valence-corrected chi connectivity index (χ0v) is 21.6. The number of carbonyl (C=O) groups excluding carboxylic acids is 5. The third kappa shape index (κ3) is 10.1. The van der Waals surface area contributed by atoms with E-state index in [-0.39, 0.29) is 30.9 Å². The lowest BCUT2D eigenvalue weighted by Gasteiger charge is -2.30. The van der Waals surface area contributed by atoms with Crippen molar-refractivity contribution in [2.24, 2.45) is 5.73 Å². The molecule has 4 amide bonds. The highest BCUT2D eigenvalue weighted by Crippen LogP contribution is 2.27. The summed E-state index contributed by atoms with van der Waals surface area (Å²) in [6, 6.07) is 3.30. The van der Waals surface area contributed by atoms with Crippen LogP contribution in [0, 0.1) is 19.4 Å². The Kier molecular flexibility index (Phi) is 11.4. The van der Waals surface area contributed by atoms with Gasteiger partial charge in [0.1, 0.15) is 23.4 Å². The third-order valence-electron chi connectivity index (χ3n) is 4.75. The van der Waals surface area contributed by atoms with Crippen LogP contribution in [0.15, 0.2) is 18.2 Å². The number of ether oxygens (including phenoxy) is 2. The summed E-state index contributed by atoms with van der Waals surface area (Å²) in [6.45, 7) is 8.10. The van der Waals surface area contributed by atoms with Crippen molar-refractivity contribution in [2.45, 2.75) is 65.1 Å². The van der Waals surface area contributed by atoms with Crippen LogP contribution in [0.2, 0.25) is 0 Å². The lowest BCUT2D eigenvalue weighted by molar-refractivity contribution is -0.143. The Morgan fingerprint density at radius 1 is 1.22 bits per heavy atom. The molecule has 1 aromatic rings. The Morgan fingerprint density at radius 2 is 1.86 bits per heavy atom. The number of phenols is 1. The molecule has 12 nitrogen and oxygen atoms in total. The molecular weight excluding hydrogens is 484 g/mol. The summed E-state index contributed by atoms with van der Waals surface area (Å²) in [5.41, 5.74) is 4.99. The predicted molar refractivity (Wildman–Crippen MR) is 132 cm³/mol. The number of esters is 1. The zero-order chi connectivity index (χ0) is 28.3. The first-order valence-electron chi connectivity index (χ1n) is 11.5. The molecule has 12 heteroatoms. The highest BCUT2D eigenvalue weighted by atomic mass is 16.6. The topological polar surface area (TPSA) is 177 Å². The monoisotopic (exact) mass is 518 g/mol. The van der Waals surface area contributed by atoms with Crippen LogP contribution < -0.4 is 16.4 Å². The van der Waals surface area contributed by atoms with E-state index in [1.54, 1.807) is 34.6 Å². The number of phenolic OH excluding ortho intramolecular Hbond substituents is 1. The third-order valence-corrected chi connectivity index (χ3v) is 4.75. The fourth-order valence-corrected chi connectivity index (χ4v) is 3.17. The number of aromatic hydroxyl groups is 1. The first kappa shape index (κ1) is 30.8. The van der Waals surface area contributed by atoms with Gasteiger partial charge in [-0.05, 0) is 57.9 Å². The number of nitrogens with one attached hydrogen (secondary N) is 2. The number of benzene rings is 1. The average molecular weight is 519 g/mol. The molecule has 0 aliphatic rings. The molecule has 0 radical (unpaired) electrons. The normalized spacial score (nSPS) is 12.3. The second kappa shape index (κ2) is 13.7. The molecule has 2 unspecified atom stereocenters. The highest BCUT2D eigenvalue weighted by molar-refractivity contribution is 5.95. The van der Waals surface area contributed by atoms with E-state index in [0.717, 1.165) is 0 Å². The number of primary amides is 1. The number of nitrogens with two attached hydrogens (primary N) is 1. The van der Waals surface area contributed by atoms with E-state index in [9.17, 15) is 29.1 Å². The molecule has 0 spiro atoms. The Balaban J connectivity index is 3.35. The first-order valence-corrected chi connectivity index (χ1v) is 11.5. The van der Waals surface area contributed by atoms with Gasteiger partial charge in [-0.2, -0.15) is 0 Å². The average Bonchev–Trinajstić information content (AvgIpc) is 2.77. The van der Waals surface area contributed by atoms with E-state index in [2.05, 4.69) is 16.7 Å².